The van der Waals surface area contributed by atoms with Gasteiger partial charge in [-0.2, -0.15) is 0 Å². The van der Waals surface area contributed by atoms with Gasteiger partial charge in [0, 0.05) is 12.2 Å². The smallest absolute Gasteiger partial charge is 0.287 e. The number of anilines is 2. The Labute approximate surface area is 115 Å². The van der Waals surface area contributed by atoms with Gasteiger partial charge in [0.15, 0.2) is 0 Å². The quantitative estimate of drug-likeness (QED) is 0.896. The second-order valence-corrected chi connectivity index (χ2v) is 5.05. The van der Waals surface area contributed by atoms with E-state index in [0.29, 0.717) is 16.0 Å². The number of aryl methyl sites for hydroxylation is 2. The zero-order valence-electron chi connectivity index (χ0n) is 11.0. The van der Waals surface area contributed by atoms with Crippen molar-refractivity contribution >= 4 is 28.2 Å². The summed E-state index contributed by atoms with van der Waals surface area (Å²) in [6.45, 7) is 6.55. The average Bonchev–Trinajstić information content (AvgIpc) is 2.76. The van der Waals surface area contributed by atoms with E-state index in [0.717, 1.165) is 17.8 Å². The molecule has 6 nitrogen and oxygen atoms in total. The highest BCUT2D eigenvalue weighted by molar-refractivity contribution is 7.17. The lowest BCUT2D eigenvalue weighted by Gasteiger charge is -2.04. The first-order valence-corrected chi connectivity index (χ1v) is 6.74. The third-order valence-electron chi connectivity index (χ3n) is 2.29. The summed E-state index contributed by atoms with van der Waals surface area (Å²) < 4.78 is 0. The second-order valence-electron chi connectivity index (χ2n) is 4.07. The van der Waals surface area contributed by atoms with Gasteiger partial charge in [0.2, 0.25) is 10.1 Å². The molecule has 2 aromatic rings. The Balaban J connectivity index is 2.11. The van der Waals surface area contributed by atoms with Crippen molar-refractivity contribution in [2.24, 2.45) is 0 Å². The van der Waals surface area contributed by atoms with Gasteiger partial charge in [-0.25, -0.2) is 4.98 Å². The Morgan fingerprint density at radius 1 is 1.32 bits per heavy atom. The summed E-state index contributed by atoms with van der Waals surface area (Å²) in [5.41, 5.74) is 1.91. The van der Waals surface area contributed by atoms with Crippen LogP contribution in [0.1, 0.15) is 28.0 Å². The third-order valence-corrected chi connectivity index (χ3v) is 3.17. The molecule has 0 saturated heterocycles. The Bertz CT molecular complexity index is 575. The molecule has 0 radical (unpaired) electrons. The van der Waals surface area contributed by atoms with Crippen molar-refractivity contribution in [3.8, 4) is 0 Å². The summed E-state index contributed by atoms with van der Waals surface area (Å²) in [6.07, 6.45) is 0. The Hall–Kier alpha value is -2.02. The van der Waals surface area contributed by atoms with E-state index < -0.39 is 0 Å². The van der Waals surface area contributed by atoms with Gasteiger partial charge in [0.25, 0.3) is 5.91 Å². The second kappa shape index (κ2) is 5.75. The number of aromatic nitrogens is 3. The number of carbonyl (C=O) groups is 1. The first kappa shape index (κ1) is 13.4. The predicted molar refractivity (Wildman–Crippen MR) is 75.7 cm³/mol. The number of rotatable bonds is 4. The van der Waals surface area contributed by atoms with Crippen LogP contribution in [0.3, 0.4) is 0 Å². The van der Waals surface area contributed by atoms with Gasteiger partial charge < -0.3 is 10.6 Å². The molecule has 0 aromatic carbocycles. The molecule has 7 heteroatoms. The standard InChI is InChI=1S/C12H15N5OS/c1-4-13-12-17-16-11(19-12)10(18)15-9-6-7(2)5-8(3)14-9/h5-6H,4H2,1-3H3,(H,13,17)(H,14,15,18). The van der Waals surface area contributed by atoms with Crippen LogP contribution in [0.2, 0.25) is 0 Å². The van der Waals surface area contributed by atoms with Crippen LogP contribution in [-0.2, 0) is 0 Å². The van der Waals surface area contributed by atoms with Crippen LogP contribution in [0.4, 0.5) is 10.9 Å². The molecule has 0 spiro atoms. The molecule has 0 fully saturated rings. The molecule has 0 bridgehead atoms. The minimum absolute atomic E-state index is 0.292. The first-order valence-electron chi connectivity index (χ1n) is 5.92. The van der Waals surface area contributed by atoms with E-state index in [1.54, 1.807) is 0 Å². The molecule has 19 heavy (non-hydrogen) atoms. The summed E-state index contributed by atoms with van der Waals surface area (Å²) >= 11 is 1.22. The molecule has 0 atom stereocenters. The molecule has 2 N–H and O–H groups in total. The summed E-state index contributed by atoms with van der Waals surface area (Å²) in [5.74, 6) is 0.238. The van der Waals surface area contributed by atoms with E-state index in [4.69, 9.17) is 0 Å². The van der Waals surface area contributed by atoms with Crippen molar-refractivity contribution in [3.05, 3.63) is 28.4 Å². The molecule has 1 amide bonds. The molecule has 0 aliphatic rings. The van der Waals surface area contributed by atoms with Crippen molar-refractivity contribution in [1.82, 2.24) is 15.2 Å². The number of nitrogens with zero attached hydrogens (tertiary/aromatic N) is 3. The Morgan fingerprint density at radius 3 is 2.79 bits per heavy atom. The van der Waals surface area contributed by atoms with Crippen molar-refractivity contribution < 1.29 is 4.79 Å². The fourth-order valence-electron chi connectivity index (χ4n) is 1.61. The molecule has 0 aliphatic carbocycles. The molecule has 0 saturated carbocycles. The lowest BCUT2D eigenvalue weighted by atomic mass is 10.2. The van der Waals surface area contributed by atoms with Gasteiger partial charge in [-0.15, -0.1) is 10.2 Å². The highest BCUT2D eigenvalue weighted by Crippen LogP contribution is 2.16. The topological polar surface area (TPSA) is 79.8 Å². The van der Waals surface area contributed by atoms with Crippen LogP contribution in [0.5, 0.6) is 0 Å². The molecular formula is C12H15N5OS. The fraction of sp³-hybridized carbons (Fsp3) is 0.333. The Morgan fingerprint density at radius 2 is 2.11 bits per heavy atom. The summed E-state index contributed by atoms with van der Waals surface area (Å²) in [7, 11) is 0. The van der Waals surface area contributed by atoms with Gasteiger partial charge in [-0.3, -0.25) is 4.79 Å². The van der Waals surface area contributed by atoms with Crippen molar-refractivity contribution in [1.29, 1.82) is 0 Å². The van der Waals surface area contributed by atoms with Gasteiger partial charge in [-0.05, 0) is 38.5 Å². The predicted octanol–water partition coefficient (Wildman–Crippen LogP) is 2.23. The maximum Gasteiger partial charge on any atom is 0.287 e. The number of nitrogens with one attached hydrogen (secondary N) is 2. The highest BCUT2D eigenvalue weighted by atomic mass is 32.1. The first-order chi connectivity index (χ1) is 9.08. The van der Waals surface area contributed by atoms with Crippen LogP contribution in [-0.4, -0.2) is 27.6 Å². The third kappa shape index (κ3) is 3.47. The van der Waals surface area contributed by atoms with Crippen molar-refractivity contribution in [3.63, 3.8) is 0 Å². The van der Waals surface area contributed by atoms with Gasteiger partial charge >= 0.3 is 0 Å². The lowest BCUT2D eigenvalue weighted by Crippen LogP contribution is -2.13. The van der Waals surface area contributed by atoms with E-state index in [2.05, 4.69) is 25.8 Å². The van der Waals surface area contributed by atoms with E-state index in [-0.39, 0.29) is 5.91 Å². The number of hydrogen-bond acceptors (Lipinski definition) is 6. The molecule has 100 valence electrons. The summed E-state index contributed by atoms with van der Waals surface area (Å²) in [4.78, 5) is 16.2. The van der Waals surface area contributed by atoms with Gasteiger partial charge in [-0.1, -0.05) is 11.3 Å². The zero-order valence-corrected chi connectivity index (χ0v) is 11.8. The molecule has 0 aliphatic heterocycles. The Kier molecular flexibility index (Phi) is 4.06. The largest absolute Gasteiger partial charge is 0.360 e. The van der Waals surface area contributed by atoms with Gasteiger partial charge in [0.05, 0.1) is 0 Å². The van der Waals surface area contributed by atoms with Crippen LogP contribution < -0.4 is 10.6 Å². The molecule has 2 heterocycles. The minimum Gasteiger partial charge on any atom is -0.360 e. The fourth-order valence-corrected chi connectivity index (χ4v) is 2.32. The van der Waals surface area contributed by atoms with Crippen LogP contribution in [0, 0.1) is 13.8 Å². The highest BCUT2D eigenvalue weighted by Gasteiger charge is 2.13. The number of carbonyl (C=O) groups excluding carboxylic acids is 1. The van der Waals surface area contributed by atoms with Gasteiger partial charge in [0.1, 0.15) is 5.82 Å². The average molecular weight is 277 g/mol. The number of pyridine rings is 1. The molecule has 2 aromatic heterocycles. The summed E-state index contributed by atoms with van der Waals surface area (Å²) in [5, 5.41) is 14.4. The number of hydrogen-bond donors (Lipinski definition) is 2. The van der Waals surface area contributed by atoms with Crippen LogP contribution in [0.25, 0.3) is 0 Å². The SMILES string of the molecule is CCNc1nnc(C(=O)Nc2cc(C)cc(C)n2)s1. The monoisotopic (exact) mass is 277 g/mol. The maximum atomic E-state index is 12.0. The lowest BCUT2D eigenvalue weighted by molar-refractivity contribution is 0.102. The molecule has 0 unspecified atom stereocenters. The maximum absolute atomic E-state index is 12.0. The summed E-state index contributed by atoms with van der Waals surface area (Å²) in [6, 6.07) is 3.76. The van der Waals surface area contributed by atoms with E-state index in [1.807, 2.05) is 32.9 Å². The normalized spacial score (nSPS) is 10.3. The van der Waals surface area contributed by atoms with Crippen LogP contribution >= 0.6 is 11.3 Å². The van der Waals surface area contributed by atoms with E-state index in [9.17, 15) is 4.79 Å². The van der Waals surface area contributed by atoms with Crippen molar-refractivity contribution in [2.45, 2.75) is 20.8 Å². The minimum atomic E-state index is -0.292. The van der Waals surface area contributed by atoms with Crippen molar-refractivity contribution in [2.75, 3.05) is 17.2 Å². The zero-order chi connectivity index (χ0) is 13.8. The molecular weight excluding hydrogens is 262 g/mol. The molecule has 2 rings (SSSR count). The van der Waals surface area contributed by atoms with E-state index in [1.165, 1.54) is 11.3 Å². The van der Waals surface area contributed by atoms with E-state index >= 15 is 0 Å². The van der Waals surface area contributed by atoms with Crippen LogP contribution in [0.15, 0.2) is 12.1 Å². The number of amides is 1.